The standard InChI is InChI=1S/C14H13FN2O3S/c15-13-7-2-1-4-10(13)8-14(18)17-11-5-3-6-12(9-11)21(16,19)20/h1-7,9H,8H2,(H,17,18)(H2,16,19,20). The van der Waals surface area contributed by atoms with Crippen LogP contribution in [0.1, 0.15) is 5.56 Å². The molecule has 3 N–H and O–H groups in total. The fourth-order valence-electron chi connectivity index (χ4n) is 1.77. The predicted molar refractivity (Wildman–Crippen MR) is 76.5 cm³/mol. The van der Waals surface area contributed by atoms with Crippen molar-refractivity contribution >= 4 is 21.6 Å². The minimum absolute atomic E-state index is 0.105. The van der Waals surface area contributed by atoms with Crippen LogP contribution in [0.4, 0.5) is 10.1 Å². The Morgan fingerprint density at radius 1 is 1.14 bits per heavy atom. The van der Waals surface area contributed by atoms with Crippen LogP contribution >= 0.6 is 0 Å². The number of anilines is 1. The smallest absolute Gasteiger partial charge is 0.238 e. The molecular formula is C14H13FN2O3S. The molecule has 2 rings (SSSR count). The lowest BCUT2D eigenvalue weighted by Crippen LogP contribution is -2.16. The van der Waals surface area contributed by atoms with Gasteiger partial charge in [-0.05, 0) is 29.8 Å². The summed E-state index contributed by atoms with van der Waals surface area (Å²) >= 11 is 0. The lowest BCUT2D eigenvalue weighted by molar-refractivity contribution is -0.115. The third-order valence-electron chi connectivity index (χ3n) is 2.76. The first-order valence-corrected chi connectivity index (χ1v) is 7.57. The normalized spacial score (nSPS) is 11.1. The highest BCUT2D eigenvalue weighted by atomic mass is 32.2. The summed E-state index contributed by atoms with van der Waals surface area (Å²) < 4.78 is 35.9. The Bertz CT molecular complexity index is 775. The Morgan fingerprint density at radius 3 is 2.52 bits per heavy atom. The van der Waals surface area contributed by atoms with Gasteiger partial charge in [-0.3, -0.25) is 4.79 Å². The minimum Gasteiger partial charge on any atom is -0.326 e. The second-order valence-electron chi connectivity index (χ2n) is 4.39. The van der Waals surface area contributed by atoms with Crippen molar-refractivity contribution in [1.82, 2.24) is 0 Å². The number of amides is 1. The molecule has 0 bridgehead atoms. The summed E-state index contributed by atoms with van der Waals surface area (Å²) in [6.07, 6.45) is -0.147. The van der Waals surface area contributed by atoms with E-state index >= 15 is 0 Å². The first-order valence-electron chi connectivity index (χ1n) is 6.02. The number of carbonyl (C=O) groups is 1. The molecule has 21 heavy (non-hydrogen) atoms. The zero-order valence-electron chi connectivity index (χ0n) is 10.9. The molecule has 0 atom stereocenters. The highest BCUT2D eigenvalue weighted by molar-refractivity contribution is 7.89. The van der Waals surface area contributed by atoms with Gasteiger partial charge >= 0.3 is 0 Å². The van der Waals surface area contributed by atoms with E-state index in [9.17, 15) is 17.6 Å². The van der Waals surface area contributed by atoms with Crippen LogP contribution in [0.5, 0.6) is 0 Å². The summed E-state index contributed by atoms with van der Waals surface area (Å²) in [4.78, 5) is 11.7. The monoisotopic (exact) mass is 308 g/mol. The number of benzene rings is 2. The van der Waals surface area contributed by atoms with E-state index in [0.717, 1.165) is 0 Å². The molecule has 0 aliphatic carbocycles. The first kappa shape index (κ1) is 15.1. The second-order valence-corrected chi connectivity index (χ2v) is 5.95. The summed E-state index contributed by atoms with van der Waals surface area (Å²) in [5.41, 5.74) is 0.542. The largest absolute Gasteiger partial charge is 0.326 e. The maximum absolute atomic E-state index is 13.4. The Hall–Kier alpha value is -2.25. The van der Waals surface area contributed by atoms with Crippen LogP contribution in [-0.2, 0) is 21.2 Å². The van der Waals surface area contributed by atoms with Crippen molar-refractivity contribution in [1.29, 1.82) is 0 Å². The fraction of sp³-hybridized carbons (Fsp3) is 0.0714. The Labute approximate surface area is 121 Å². The molecule has 110 valence electrons. The number of primary sulfonamides is 1. The van der Waals surface area contributed by atoms with Gasteiger partial charge in [-0.25, -0.2) is 17.9 Å². The van der Waals surface area contributed by atoms with Crippen LogP contribution in [0.15, 0.2) is 53.4 Å². The SMILES string of the molecule is NS(=O)(=O)c1cccc(NC(=O)Cc2ccccc2F)c1. The topological polar surface area (TPSA) is 89.3 Å². The molecular weight excluding hydrogens is 295 g/mol. The van der Waals surface area contributed by atoms with Crippen molar-refractivity contribution in [3.05, 3.63) is 59.9 Å². The van der Waals surface area contributed by atoms with E-state index in [2.05, 4.69) is 5.32 Å². The van der Waals surface area contributed by atoms with Crippen molar-refractivity contribution in [3.63, 3.8) is 0 Å². The number of nitrogens with two attached hydrogens (primary N) is 1. The van der Waals surface area contributed by atoms with Crippen LogP contribution in [0.25, 0.3) is 0 Å². The predicted octanol–water partition coefficient (Wildman–Crippen LogP) is 1.65. The van der Waals surface area contributed by atoms with Gasteiger partial charge in [0.05, 0.1) is 11.3 Å². The summed E-state index contributed by atoms with van der Waals surface area (Å²) in [5, 5.41) is 7.51. The van der Waals surface area contributed by atoms with Crippen molar-refractivity contribution in [2.45, 2.75) is 11.3 Å². The molecule has 0 radical (unpaired) electrons. The van der Waals surface area contributed by atoms with E-state index in [1.54, 1.807) is 6.07 Å². The molecule has 7 heteroatoms. The van der Waals surface area contributed by atoms with Crippen molar-refractivity contribution in [2.75, 3.05) is 5.32 Å². The van der Waals surface area contributed by atoms with Gasteiger partial charge in [0.15, 0.2) is 0 Å². The van der Waals surface area contributed by atoms with Crippen molar-refractivity contribution < 1.29 is 17.6 Å². The second kappa shape index (κ2) is 6.02. The van der Waals surface area contributed by atoms with Crippen LogP contribution in [-0.4, -0.2) is 14.3 Å². The van der Waals surface area contributed by atoms with E-state index < -0.39 is 21.7 Å². The van der Waals surface area contributed by atoms with Gasteiger partial charge in [-0.15, -0.1) is 0 Å². The van der Waals surface area contributed by atoms with E-state index in [-0.39, 0.29) is 22.6 Å². The molecule has 1 amide bonds. The average Bonchev–Trinajstić information content (AvgIpc) is 2.41. The molecule has 0 saturated carbocycles. The molecule has 0 saturated heterocycles. The zero-order valence-corrected chi connectivity index (χ0v) is 11.7. The number of halogens is 1. The number of carbonyl (C=O) groups excluding carboxylic acids is 1. The Kier molecular flexibility index (Phi) is 4.35. The molecule has 0 fully saturated rings. The third-order valence-corrected chi connectivity index (χ3v) is 3.67. The van der Waals surface area contributed by atoms with E-state index in [1.165, 1.54) is 42.5 Å². The van der Waals surface area contributed by atoms with Crippen molar-refractivity contribution in [2.24, 2.45) is 5.14 Å². The number of hydrogen-bond donors (Lipinski definition) is 2. The van der Waals surface area contributed by atoms with Crippen LogP contribution < -0.4 is 10.5 Å². The summed E-state index contributed by atoms with van der Waals surface area (Å²) in [6, 6.07) is 11.5. The maximum Gasteiger partial charge on any atom is 0.238 e. The van der Waals surface area contributed by atoms with Gasteiger partial charge in [0, 0.05) is 5.69 Å². The summed E-state index contributed by atoms with van der Waals surface area (Å²) in [6.45, 7) is 0. The summed E-state index contributed by atoms with van der Waals surface area (Å²) in [7, 11) is -3.84. The van der Waals surface area contributed by atoms with Gasteiger partial charge in [-0.2, -0.15) is 0 Å². The van der Waals surface area contributed by atoms with Crippen LogP contribution in [0.3, 0.4) is 0 Å². The van der Waals surface area contributed by atoms with Crippen LogP contribution in [0, 0.1) is 5.82 Å². The molecule has 0 heterocycles. The molecule has 0 spiro atoms. The number of rotatable bonds is 4. The van der Waals surface area contributed by atoms with Crippen molar-refractivity contribution in [3.8, 4) is 0 Å². The van der Waals surface area contributed by atoms with Gasteiger partial charge in [0.1, 0.15) is 5.82 Å². The van der Waals surface area contributed by atoms with Gasteiger partial charge in [0.25, 0.3) is 0 Å². The molecule has 0 aromatic heterocycles. The number of sulfonamides is 1. The average molecular weight is 308 g/mol. The Morgan fingerprint density at radius 2 is 1.86 bits per heavy atom. The quantitative estimate of drug-likeness (QED) is 0.900. The molecule has 0 aliphatic heterocycles. The van der Waals surface area contributed by atoms with Gasteiger partial charge in [0.2, 0.25) is 15.9 Å². The number of hydrogen-bond acceptors (Lipinski definition) is 3. The third kappa shape index (κ3) is 4.11. The zero-order chi connectivity index (χ0) is 15.5. The highest BCUT2D eigenvalue weighted by Gasteiger charge is 2.11. The fourth-order valence-corrected chi connectivity index (χ4v) is 2.33. The summed E-state index contributed by atoms with van der Waals surface area (Å²) in [5.74, 6) is -0.919. The minimum atomic E-state index is -3.84. The molecule has 0 unspecified atom stereocenters. The van der Waals surface area contributed by atoms with Gasteiger partial charge in [-0.1, -0.05) is 24.3 Å². The lowest BCUT2D eigenvalue weighted by Gasteiger charge is -2.07. The van der Waals surface area contributed by atoms with E-state index in [0.29, 0.717) is 0 Å². The molecule has 0 aliphatic rings. The lowest BCUT2D eigenvalue weighted by atomic mass is 10.1. The van der Waals surface area contributed by atoms with E-state index in [4.69, 9.17) is 5.14 Å². The van der Waals surface area contributed by atoms with Crippen LogP contribution in [0.2, 0.25) is 0 Å². The number of nitrogens with one attached hydrogen (secondary N) is 1. The molecule has 2 aromatic rings. The van der Waals surface area contributed by atoms with E-state index in [1.807, 2.05) is 0 Å². The Balaban J connectivity index is 2.12. The maximum atomic E-state index is 13.4. The highest BCUT2D eigenvalue weighted by Crippen LogP contribution is 2.15. The molecule has 5 nitrogen and oxygen atoms in total. The van der Waals surface area contributed by atoms with Gasteiger partial charge < -0.3 is 5.32 Å². The molecule has 2 aromatic carbocycles. The first-order chi connectivity index (χ1) is 9.86.